The maximum Gasteiger partial charge on any atom is 0.185 e. The fourth-order valence-corrected chi connectivity index (χ4v) is 2.17. The first-order valence-corrected chi connectivity index (χ1v) is 7.30. The smallest absolute Gasteiger partial charge is 0.185 e. The average Bonchev–Trinajstić information content (AvgIpc) is 2.53. The van der Waals surface area contributed by atoms with Crippen LogP contribution in [0.1, 0.15) is 22.8 Å². The second-order valence-electron chi connectivity index (χ2n) is 4.55. The van der Waals surface area contributed by atoms with Crippen molar-refractivity contribution in [3.05, 3.63) is 64.7 Å². The molecule has 0 heterocycles. The molecule has 0 aliphatic rings. The Morgan fingerprint density at radius 2 is 2.00 bits per heavy atom. The van der Waals surface area contributed by atoms with E-state index in [2.05, 4.69) is 0 Å². The van der Waals surface area contributed by atoms with Crippen molar-refractivity contribution in [2.24, 2.45) is 0 Å². The van der Waals surface area contributed by atoms with Crippen LogP contribution in [0.3, 0.4) is 0 Å². The average molecular weight is 317 g/mol. The summed E-state index contributed by atoms with van der Waals surface area (Å²) in [5, 5.41) is 0.544. The van der Waals surface area contributed by atoms with Crippen LogP contribution >= 0.6 is 11.6 Å². The molecule has 0 bridgehead atoms. The summed E-state index contributed by atoms with van der Waals surface area (Å²) in [5.41, 5.74) is 1.42. The van der Waals surface area contributed by atoms with E-state index in [1.165, 1.54) is 6.08 Å². The topological polar surface area (TPSA) is 35.5 Å². The SMILES string of the molecule is CCOc1cc(C=CC(=O)c2cccc(Cl)c2)ccc1OC. The zero-order valence-corrected chi connectivity index (χ0v) is 13.3. The molecule has 2 aromatic carbocycles. The minimum absolute atomic E-state index is 0.101. The molecule has 2 rings (SSSR count). The molecule has 0 fully saturated rings. The van der Waals surface area contributed by atoms with E-state index >= 15 is 0 Å². The number of carbonyl (C=O) groups excluding carboxylic acids is 1. The lowest BCUT2D eigenvalue weighted by Gasteiger charge is -2.09. The molecular weight excluding hydrogens is 300 g/mol. The second-order valence-corrected chi connectivity index (χ2v) is 4.99. The molecule has 0 atom stereocenters. The van der Waals surface area contributed by atoms with Gasteiger partial charge < -0.3 is 9.47 Å². The normalized spacial score (nSPS) is 10.7. The molecule has 0 N–H and O–H groups in total. The van der Waals surface area contributed by atoms with E-state index in [9.17, 15) is 4.79 Å². The van der Waals surface area contributed by atoms with E-state index in [-0.39, 0.29) is 5.78 Å². The van der Waals surface area contributed by atoms with Crippen LogP contribution in [0.25, 0.3) is 6.08 Å². The lowest BCUT2D eigenvalue weighted by molar-refractivity contribution is 0.104. The summed E-state index contributed by atoms with van der Waals surface area (Å²) in [5.74, 6) is 1.22. The maximum atomic E-state index is 12.1. The van der Waals surface area contributed by atoms with Crippen molar-refractivity contribution in [3.63, 3.8) is 0 Å². The molecule has 4 heteroatoms. The molecule has 0 saturated heterocycles. The number of rotatable bonds is 6. The van der Waals surface area contributed by atoms with Crippen molar-refractivity contribution in [2.75, 3.05) is 13.7 Å². The van der Waals surface area contributed by atoms with Crippen molar-refractivity contribution >= 4 is 23.5 Å². The van der Waals surface area contributed by atoms with Gasteiger partial charge in [0.25, 0.3) is 0 Å². The van der Waals surface area contributed by atoms with Gasteiger partial charge in [0, 0.05) is 10.6 Å². The zero-order valence-electron chi connectivity index (χ0n) is 12.5. The number of benzene rings is 2. The van der Waals surface area contributed by atoms with Crippen LogP contribution in [0, 0.1) is 0 Å². The van der Waals surface area contributed by atoms with E-state index in [0.717, 1.165) is 5.56 Å². The van der Waals surface area contributed by atoms with E-state index in [1.807, 2.05) is 25.1 Å². The van der Waals surface area contributed by atoms with Crippen LogP contribution in [-0.4, -0.2) is 19.5 Å². The minimum atomic E-state index is -0.101. The molecule has 0 saturated carbocycles. The number of hydrogen-bond acceptors (Lipinski definition) is 3. The van der Waals surface area contributed by atoms with Gasteiger partial charge in [-0.25, -0.2) is 0 Å². The van der Waals surface area contributed by atoms with Gasteiger partial charge in [-0.15, -0.1) is 0 Å². The molecule has 114 valence electrons. The van der Waals surface area contributed by atoms with Crippen LogP contribution in [0.4, 0.5) is 0 Å². The molecule has 0 aromatic heterocycles. The predicted molar refractivity (Wildman–Crippen MR) is 89.0 cm³/mol. The lowest BCUT2D eigenvalue weighted by atomic mass is 10.1. The van der Waals surface area contributed by atoms with Gasteiger partial charge in [0.2, 0.25) is 0 Å². The Hall–Kier alpha value is -2.26. The molecular formula is C18H17ClO3. The Labute approximate surface area is 135 Å². The number of methoxy groups -OCH3 is 1. The van der Waals surface area contributed by atoms with Crippen LogP contribution in [0.2, 0.25) is 5.02 Å². The fraction of sp³-hybridized carbons (Fsp3) is 0.167. The van der Waals surface area contributed by atoms with Crippen molar-refractivity contribution in [1.29, 1.82) is 0 Å². The molecule has 22 heavy (non-hydrogen) atoms. The highest BCUT2D eigenvalue weighted by molar-refractivity contribution is 6.31. The fourth-order valence-electron chi connectivity index (χ4n) is 1.98. The molecule has 0 aliphatic carbocycles. The number of allylic oxidation sites excluding steroid dienone is 1. The third kappa shape index (κ3) is 4.12. The zero-order chi connectivity index (χ0) is 15.9. The summed E-state index contributed by atoms with van der Waals surface area (Å²) in [6, 6.07) is 12.4. The standard InChI is InChI=1S/C18H17ClO3/c1-3-22-18-11-13(8-10-17(18)21-2)7-9-16(20)14-5-4-6-15(19)12-14/h4-12H,3H2,1-2H3. The highest BCUT2D eigenvalue weighted by Gasteiger charge is 2.05. The van der Waals surface area contributed by atoms with Gasteiger partial charge in [-0.2, -0.15) is 0 Å². The molecule has 0 radical (unpaired) electrons. The monoisotopic (exact) mass is 316 g/mol. The van der Waals surface area contributed by atoms with Crippen LogP contribution in [-0.2, 0) is 0 Å². The molecule has 0 aliphatic heterocycles. The van der Waals surface area contributed by atoms with Crippen molar-refractivity contribution in [3.8, 4) is 11.5 Å². The van der Waals surface area contributed by atoms with Crippen LogP contribution in [0.5, 0.6) is 11.5 Å². The van der Waals surface area contributed by atoms with Gasteiger partial charge in [-0.1, -0.05) is 35.9 Å². The summed E-state index contributed by atoms with van der Waals surface area (Å²) in [6.45, 7) is 2.45. The Morgan fingerprint density at radius 3 is 2.68 bits per heavy atom. The van der Waals surface area contributed by atoms with Gasteiger partial charge >= 0.3 is 0 Å². The largest absolute Gasteiger partial charge is 0.493 e. The third-order valence-corrected chi connectivity index (χ3v) is 3.26. The quantitative estimate of drug-likeness (QED) is 0.575. The number of hydrogen-bond donors (Lipinski definition) is 0. The summed E-state index contributed by atoms with van der Waals surface area (Å²) in [4.78, 5) is 12.1. The minimum Gasteiger partial charge on any atom is -0.493 e. The van der Waals surface area contributed by atoms with Gasteiger partial charge in [0.15, 0.2) is 17.3 Å². The van der Waals surface area contributed by atoms with E-state index < -0.39 is 0 Å². The van der Waals surface area contributed by atoms with E-state index in [0.29, 0.717) is 28.7 Å². The first kappa shape index (κ1) is 16.1. The Morgan fingerprint density at radius 1 is 1.18 bits per heavy atom. The number of halogens is 1. The van der Waals surface area contributed by atoms with E-state index in [4.69, 9.17) is 21.1 Å². The first-order chi connectivity index (χ1) is 10.6. The Balaban J connectivity index is 2.19. The summed E-state index contributed by atoms with van der Waals surface area (Å²) in [7, 11) is 1.59. The summed E-state index contributed by atoms with van der Waals surface area (Å²) >= 11 is 5.89. The van der Waals surface area contributed by atoms with Gasteiger partial charge in [-0.05, 0) is 42.8 Å². The van der Waals surface area contributed by atoms with Crippen molar-refractivity contribution < 1.29 is 14.3 Å². The molecule has 0 amide bonds. The highest BCUT2D eigenvalue weighted by Crippen LogP contribution is 2.28. The predicted octanol–water partition coefficient (Wildman–Crippen LogP) is 4.64. The number of ether oxygens (including phenoxy) is 2. The second kappa shape index (κ2) is 7.66. The highest BCUT2D eigenvalue weighted by atomic mass is 35.5. The van der Waals surface area contributed by atoms with Crippen molar-refractivity contribution in [1.82, 2.24) is 0 Å². The Bertz CT molecular complexity index is 692. The lowest BCUT2D eigenvalue weighted by Crippen LogP contribution is -1.96. The molecule has 0 spiro atoms. The first-order valence-electron chi connectivity index (χ1n) is 6.93. The molecule has 0 unspecified atom stereocenters. The van der Waals surface area contributed by atoms with Crippen LogP contribution in [0.15, 0.2) is 48.5 Å². The third-order valence-electron chi connectivity index (χ3n) is 3.02. The summed E-state index contributed by atoms with van der Waals surface area (Å²) in [6.07, 6.45) is 3.26. The summed E-state index contributed by atoms with van der Waals surface area (Å²) < 4.78 is 10.7. The molecule has 2 aromatic rings. The maximum absolute atomic E-state index is 12.1. The number of carbonyl (C=O) groups is 1. The van der Waals surface area contributed by atoms with E-state index in [1.54, 1.807) is 37.5 Å². The van der Waals surface area contributed by atoms with Gasteiger partial charge in [-0.3, -0.25) is 4.79 Å². The molecule has 3 nitrogen and oxygen atoms in total. The van der Waals surface area contributed by atoms with Gasteiger partial charge in [0.05, 0.1) is 13.7 Å². The number of ketones is 1. The van der Waals surface area contributed by atoms with Crippen LogP contribution < -0.4 is 9.47 Å². The van der Waals surface area contributed by atoms with Crippen molar-refractivity contribution in [2.45, 2.75) is 6.92 Å². The Kier molecular flexibility index (Phi) is 5.61. The van der Waals surface area contributed by atoms with Gasteiger partial charge in [0.1, 0.15) is 0 Å².